The number of H-pyrrole nitrogens is 1. The van der Waals surface area contributed by atoms with Crippen LogP contribution in [-0.2, 0) is 0 Å². The summed E-state index contributed by atoms with van der Waals surface area (Å²) in [4.78, 5) is 6.97. The molecule has 0 saturated heterocycles. The molecule has 0 unspecified atom stereocenters. The highest BCUT2D eigenvalue weighted by Crippen LogP contribution is 2.07. The third-order valence-corrected chi connectivity index (χ3v) is 1.99. The summed E-state index contributed by atoms with van der Waals surface area (Å²) >= 11 is 5.69. The summed E-state index contributed by atoms with van der Waals surface area (Å²) in [6, 6.07) is 10.0. The molecule has 70 valence electrons. The molecule has 0 saturated carbocycles. The van der Waals surface area contributed by atoms with Crippen LogP contribution in [0.15, 0.2) is 36.5 Å². The third-order valence-electron chi connectivity index (χ3n) is 1.80. The molecule has 0 bridgehead atoms. The van der Waals surface area contributed by atoms with Gasteiger partial charge < -0.3 is 4.98 Å². The van der Waals surface area contributed by atoms with Crippen molar-refractivity contribution in [1.29, 1.82) is 0 Å². The second-order valence-electron chi connectivity index (χ2n) is 2.86. The molecule has 2 rings (SSSR count). The van der Waals surface area contributed by atoms with Gasteiger partial charge in [0.05, 0.1) is 6.20 Å². The molecule has 0 fully saturated rings. The van der Waals surface area contributed by atoms with Gasteiger partial charge in [0.1, 0.15) is 11.0 Å². The molecule has 2 nitrogen and oxygen atoms in total. The maximum atomic E-state index is 5.69. The molecule has 0 aliphatic carbocycles. The van der Waals surface area contributed by atoms with Crippen molar-refractivity contribution >= 4 is 23.8 Å². The SMILES string of the molecule is Clc1cnc(/C=C/c2ccccc2)[nH]1. The molecular formula is C11H9ClN2. The minimum atomic E-state index is 0.553. The van der Waals surface area contributed by atoms with E-state index in [4.69, 9.17) is 11.6 Å². The number of rotatable bonds is 2. The number of aromatic amines is 1. The Hall–Kier alpha value is -1.54. The van der Waals surface area contributed by atoms with Crippen molar-refractivity contribution in [3.8, 4) is 0 Å². The van der Waals surface area contributed by atoms with E-state index >= 15 is 0 Å². The van der Waals surface area contributed by atoms with Crippen molar-refractivity contribution in [2.45, 2.75) is 0 Å². The molecule has 0 aliphatic rings. The Morgan fingerprint density at radius 3 is 2.57 bits per heavy atom. The van der Waals surface area contributed by atoms with Crippen molar-refractivity contribution in [2.24, 2.45) is 0 Å². The first-order chi connectivity index (χ1) is 6.84. The summed E-state index contributed by atoms with van der Waals surface area (Å²) in [5, 5.41) is 0.553. The maximum absolute atomic E-state index is 5.69. The van der Waals surface area contributed by atoms with Crippen LogP contribution in [0.25, 0.3) is 12.2 Å². The van der Waals surface area contributed by atoms with Gasteiger partial charge in [-0.3, -0.25) is 0 Å². The van der Waals surface area contributed by atoms with Crippen LogP contribution < -0.4 is 0 Å². The van der Waals surface area contributed by atoms with E-state index in [0.717, 1.165) is 11.4 Å². The summed E-state index contributed by atoms with van der Waals surface area (Å²) in [6.45, 7) is 0. The van der Waals surface area contributed by atoms with Crippen LogP contribution in [0.5, 0.6) is 0 Å². The fourth-order valence-electron chi connectivity index (χ4n) is 1.14. The molecule has 1 aromatic heterocycles. The van der Waals surface area contributed by atoms with E-state index in [-0.39, 0.29) is 0 Å². The zero-order valence-corrected chi connectivity index (χ0v) is 8.20. The summed E-state index contributed by atoms with van der Waals surface area (Å²) in [5.41, 5.74) is 1.14. The number of nitrogens with one attached hydrogen (secondary N) is 1. The highest BCUT2D eigenvalue weighted by molar-refractivity contribution is 6.29. The van der Waals surface area contributed by atoms with Gasteiger partial charge in [-0.15, -0.1) is 0 Å². The molecule has 14 heavy (non-hydrogen) atoms. The third kappa shape index (κ3) is 2.24. The smallest absolute Gasteiger partial charge is 0.131 e. The fourth-order valence-corrected chi connectivity index (χ4v) is 1.28. The second-order valence-corrected chi connectivity index (χ2v) is 3.27. The standard InChI is InChI=1S/C11H9ClN2/c12-10-8-13-11(14-10)7-6-9-4-2-1-3-5-9/h1-8H,(H,13,14)/b7-6+. The topological polar surface area (TPSA) is 28.7 Å². The summed E-state index contributed by atoms with van der Waals surface area (Å²) in [7, 11) is 0. The minimum absolute atomic E-state index is 0.553. The molecule has 1 N–H and O–H groups in total. The van der Waals surface area contributed by atoms with Crippen LogP contribution in [-0.4, -0.2) is 9.97 Å². The summed E-state index contributed by atoms with van der Waals surface area (Å²) < 4.78 is 0. The van der Waals surface area contributed by atoms with Crippen molar-refractivity contribution in [1.82, 2.24) is 9.97 Å². The van der Waals surface area contributed by atoms with Crippen molar-refractivity contribution in [3.63, 3.8) is 0 Å². The van der Waals surface area contributed by atoms with Gasteiger partial charge in [0.15, 0.2) is 0 Å². The number of nitrogens with zero attached hydrogens (tertiary/aromatic N) is 1. The normalized spacial score (nSPS) is 10.9. The molecule has 1 heterocycles. The molecule has 1 aromatic carbocycles. The second kappa shape index (κ2) is 4.11. The first-order valence-corrected chi connectivity index (χ1v) is 4.66. The quantitative estimate of drug-likeness (QED) is 0.800. The molecular weight excluding hydrogens is 196 g/mol. The van der Waals surface area contributed by atoms with Gasteiger partial charge >= 0.3 is 0 Å². The Bertz CT molecular complexity index is 432. The largest absolute Gasteiger partial charge is 0.330 e. The van der Waals surface area contributed by atoms with Gasteiger partial charge in [0.2, 0.25) is 0 Å². The lowest BCUT2D eigenvalue weighted by atomic mass is 10.2. The lowest BCUT2D eigenvalue weighted by Gasteiger charge is -1.89. The van der Waals surface area contributed by atoms with E-state index in [1.165, 1.54) is 0 Å². The van der Waals surface area contributed by atoms with Gasteiger partial charge in [0.25, 0.3) is 0 Å². The molecule has 0 aliphatic heterocycles. The van der Waals surface area contributed by atoms with Crippen LogP contribution in [0.2, 0.25) is 5.15 Å². The highest BCUT2D eigenvalue weighted by atomic mass is 35.5. The van der Waals surface area contributed by atoms with Gasteiger partial charge in [-0.25, -0.2) is 4.98 Å². The number of hydrogen-bond acceptors (Lipinski definition) is 1. The predicted octanol–water partition coefficient (Wildman–Crippen LogP) is 3.23. The van der Waals surface area contributed by atoms with Crippen molar-refractivity contribution in [2.75, 3.05) is 0 Å². The van der Waals surface area contributed by atoms with Crippen LogP contribution in [0.1, 0.15) is 11.4 Å². The highest BCUT2D eigenvalue weighted by Gasteiger charge is 1.92. The first kappa shape index (κ1) is 9.03. The molecule has 0 atom stereocenters. The summed E-state index contributed by atoms with van der Waals surface area (Å²) in [6.07, 6.45) is 5.46. The van der Waals surface area contributed by atoms with Crippen molar-refractivity contribution < 1.29 is 0 Å². The lowest BCUT2D eigenvalue weighted by Crippen LogP contribution is -1.73. The number of imidazole rings is 1. The minimum Gasteiger partial charge on any atom is -0.330 e. The fraction of sp³-hybridized carbons (Fsp3) is 0. The molecule has 3 heteroatoms. The van der Waals surface area contributed by atoms with Gasteiger partial charge in [0, 0.05) is 0 Å². The molecule has 0 spiro atoms. The average Bonchev–Trinajstić information content (AvgIpc) is 2.63. The zero-order valence-electron chi connectivity index (χ0n) is 7.44. The Balaban J connectivity index is 2.15. The summed E-state index contributed by atoms with van der Waals surface area (Å²) in [5.74, 6) is 0.763. The van der Waals surface area contributed by atoms with E-state index in [1.54, 1.807) is 6.20 Å². The first-order valence-electron chi connectivity index (χ1n) is 4.28. The number of benzene rings is 1. The zero-order chi connectivity index (χ0) is 9.80. The van der Waals surface area contributed by atoms with E-state index in [9.17, 15) is 0 Å². The molecule has 0 amide bonds. The van der Waals surface area contributed by atoms with Crippen LogP contribution in [0, 0.1) is 0 Å². The van der Waals surface area contributed by atoms with Gasteiger partial charge in [-0.1, -0.05) is 48.0 Å². The number of hydrogen-bond donors (Lipinski definition) is 1. The molecule has 0 radical (unpaired) electrons. The average molecular weight is 205 g/mol. The van der Waals surface area contributed by atoms with Crippen LogP contribution >= 0.6 is 11.6 Å². The van der Waals surface area contributed by atoms with Crippen LogP contribution in [0.4, 0.5) is 0 Å². The molecule has 2 aromatic rings. The van der Waals surface area contributed by atoms with E-state index in [1.807, 2.05) is 42.5 Å². The van der Waals surface area contributed by atoms with E-state index in [2.05, 4.69) is 9.97 Å². The monoisotopic (exact) mass is 204 g/mol. The van der Waals surface area contributed by atoms with Gasteiger partial charge in [-0.2, -0.15) is 0 Å². The Morgan fingerprint density at radius 1 is 1.14 bits per heavy atom. The Morgan fingerprint density at radius 2 is 1.93 bits per heavy atom. The van der Waals surface area contributed by atoms with Crippen molar-refractivity contribution in [3.05, 3.63) is 53.1 Å². The lowest BCUT2D eigenvalue weighted by molar-refractivity contribution is 1.27. The number of halogens is 1. The van der Waals surface area contributed by atoms with E-state index < -0.39 is 0 Å². The van der Waals surface area contributed by atoms with Gasteiger partial charge in [-0.05, 0) is 11.6 Å². The Kier molecular flexibility index (Phi) is 2.65. The number of aromatic nitrogens is 2. The predicted molar refractivity (Wildman–Crippen MR) is 59.0 cm³/mol. The van der Waals surface area contributed by atoms with Crippen LogP contribution in [0.3, 0.4) is 0 Å². The van der Waals surface area contributed by atoms with E-state index in [0.29, 0.717) is 5.15 Å². The Labute approximate surface area is 87.3 Å². The maximum Gasteiger partial charge on any atom is 0.131 e.